The maximum absolute atomic E-state index is 6.13. The van der Waals surface area contributed by atoms with Crippen LogP contribution in [0, 0.1) is 6.92 Å². The van der Waals surface area contributed by atoms with E-state index in [0.717, 1.165) is 5.82 Å². The van der Waals surface area contributed by atoms with Crippen LogP contribution in [0.3, 0.4) is 0 Å². The second-order valence-electron chi connectivity index (χ2n) is 3.31. The van der Waals surface area contributed by atoms with Crippen molar-refractivity contribution in [2.45, 2.75) is 13.0 Å². The zero-order chi connectivity index (χ0) is 10.1. The molecule has 0 fully saturated rings. The molecule has 0 aliphatic heterocycles. The van der Waals surface area contributed by atoms with Gasteiger partial charge in [-0.2, -0.15) is 0 Å². The molecule has 3 nitrogen and oxygen atoms in total. The average molecular weight is 207 g/mol. The molecule has 14 heavy (non-hydrogen) atoms. The van der Waals surface area contributed by atoms with Gasteiger partial charge in [-0.05, 0) is 23.9 Å². The predicted octanol–water partition coefficient (Wildman–Crippen LogP) is 1.84. The number of nitrogens with zero attached hydrogens (tertiary/aromatic N) is 2. The molecule has 74 valence electrons. The second kappa shape index (κ2) is 3.55. The van der Waals surface area contributed by atoms with E-state index in [0.29, 0.717) is 0 Å². The number of imidazole rings is 1. The summed E-state index contributed by atoms with van der Waals surface area (Å²) >= 11 is 1.72. The fourth-order valence-electron chi connectivity index (χ4n) is 1.53. The Labute approximate surface area is 87.2 Å². The van der Waals surface area contributed by atoms with Gasteiger partial charge in [0.05, 0.1) is 6.04 Å². The average Bonchev–Trinajstić information content (AvgIpc) is 2.73. The van der Waals surface area contributed by atoms with E-state index < -0.39 is 0 Å². The number of nitrogens with two attached hydrogens (primary N) is 1. The Morgan fingerprint density at radius 3 is 2.86 bits per heavy atom. The summed E-state index contributed by atoms with van der Waals surface area (Å²) in [6.07, 6.45) is 3.69. The smallest absolute Gasteiger partial charge is 0.130 e. The molecule has 0 saturated heterocycles. The maximum atomic E-state index is 6.13. The van der Waals surface area contributed by atoms with E-state index in [-0.39, 0.29) is 6.04 Å². The topological polar surface area (TPSA) is 43.8 Å². The largest absolute Gasteiger partial charge is 0.336 e. The molecule has 2 rings (SSSR count). The normalized spacial score (nSPS) is 13.1. The fraction of sp³-hybridized carbons (Fsp3) is 0.300. The third-order valence-corrected chi connectivity index (χ3v) is 3.23. The van der Waals surface area contributed by atoms with Crippen LogP contribution in [-0.2, 0) is 7.05 Å². The van der Waals surface area contributed by atoms with Gasteiger partial charge in [-0.15, -0.1) is 11.3 Å². The van der Waals surface area contributed by atoms with Gasteiger partial charge < -0.3 is 10.3 Å². The number of thiophene rings is 1. The summed E-state index contributed by atoms with van der Waals surface area (Å²) in [5, 5.41) is 2.06. The highest BCUT2D eigenvalue weighted by Crippen LogP contribution is 2.24. The SMILES string of the molecule is Cc1sccc1C(N)c1nccn1C. The van der Waals surface area contributed by atoms with Crippen LogP contribution in [0.5, 0.6) is 0 Å². The third kappa shape index (κ3) is 1.47. The van der Waals surface area contributed by atoms with Gasteiger partial charge in [0.15, 0.2) is 0 Å². The third-order valence-electron chi connectivity index (χ3n) is 2.37. The van der Waals surface area contributed by atoms with Crippen molar-refractivity contribution < 1.29 is 0 Å². The first kappa shape index (κ1) is 9.43. The van der Waals surface area contributed by atoms with E-state index in [1.165, 1.54) is 10.4 Å². The summed E-state index contributed by atoms with van der Waals surface area (Å²) < 4.78 is 1.96. The molecule has 0 radical (unpaired) electrons. The molecule has 2 aromatic rings. The molecule has 0 amide bonds. The Balaban J connectivity index is 2.38. The summed E-state index contributed by atoms with van der Waals surface area (Å²) in [6.45, 7) is 2.09. The van der Waals surface area contributed by atoms with Gasteiger partial charge in [0.1, 0.15) is 5.82 Å². The monoisotopic (exact) mass is 207 g/mol. The number of hydrogen-bond donors (Lipinski definition) is 1. The van der Waals surface area contributed by atoms with Gasteiger partial charge in [-0.25, -0.2) is 4.98 Å². The number of rotatable bonds is 2. The van der Waals surface area contributed by atoms with Crippen LogP contribution in [0.25, 0.3) is 0 Å². The van der Waals surface area contributed by atoms with Crippen LogP contribution in [0.2, 0.25) is 0 Å². The molecule has 2 aromatic heterocycles. The van der Waals surface area contributed by atoms with E-state index in [9.17, 15) is 0 Å². The lowest BCUT2D eigenvalue weighted by molar-refractivity contribution is 0.716. The van der Waals surface area contributed by atoms with Crippen molar-refractivity contribution >= 4 is 11.3 Å². The molecule has 0 aliphatic rings. The molecule has 0 aliphatic carbocycles. The van der Waals surface area contributed by atoms with Crippen LogP contribution in [0.4, 0.5) is 0 Å². The maximum Gasteiger partial charge on any atom is 0.130 e. The van der Waals surface area contributed by atoms with E-state index in [2.05, 4.69) is 23.4 Å². The molecule has 2 N–H and O–H groups in total. The minimum atomic E-state index is -0.110. The summed E-state index contributed by atoms with van der Waals surface area (Å²) in [7, 11) is 1.96. The Kier molecular flexibility index (Phi) is 2.39. The minimum absolute atomic E-state index is 0.110. The zero-order valence-corrected chi connectivity index (χ0v) is 9.08. The van der Waals surface area contributed by atoms with E-state index in [1.54, 1.807) is 17.5 Å². The fourth-order valence-corrected chi connectivity index (χ4v) is 2.28. The molecular formula is C10H13N3S. The molecule has 0 aromatic carbocycles. The van der Waals surface area contributed by atoms with Gasteiger partial charge >= 0.3 is 0 Å². The van der Waals surface area contributed by atoms with E-state index >= 15 is 0 Å². The predicted molar refractivity (Wildman–Crippen MR) is 58.3 cm³/mol. The van der Waals surface area contributed by atoms with Crippen LogP contribution in [-0.4, -0.2) is 9.55 Å². The van der Waals surface area contributed by atoms with Crippen LogP contribution < -0.4 is 5.73 Å². The first-order chi connectivity index (χ1) is 6.70. The molecule has 4 heteroatoms. The highest BCUT2D eigenvalue weighted by Gasteiger charge is 2.15. The first-order valence-corrected chi connectivity index (χ1v) is 5.35. The Morgan fingerprint density at radius 1 is 1.57 bits per heavy atom. The Morgan fingerprint density at radius 2 is 2.36 bits per heavy atom. The minimum Gasteiger partial charge on any atom is -0.336 e. The highest BCUT2D eigenvalue weighted by molar-refractivity contribution is 7.10. The van der Waals surface area contributed by atoms with Crippen LogP contribution in [0.1, 0.15) is 22.3 Å². The Hall–Kier alpha value is -1.13. The number of aryl methyl sites for hydroxylation is 2. The molecule has 1 atom stereocenters. The number of hydrogen-bond acceptors (Lipinski definition) is 3. The van der Waals surface area contributed by atoms with Gasteiger partial charge in [0.25, 0.3) is 0 Å². The standard InChI is InChI=1S/C10H13N3S/c1-7-8(3-6-14-7)9(11)10-12-4-5-13(10)2/h3-6,9H,11H2,1-2H3. The summed E-state index contributed by atoms with van der Waals surface area (Å²) in [5.41, 5.74) is 7.30. The van der Waals surface area contributed by atoms with E-state index in [1.807, 2.05) is 17.8 Å². The lowest BCUT2D eigenvalue weighted by Gasteiger charge is -2.11. The highest BCUT2D eigenvalue weighted by atomic mass is 32.1. The summed E-state index contributed by atoms with van der Waals surface area (Å²) in [5.74, 6) is 0.909. The van der Waals surface area contributed by atoms with Crippen molar-refractivity contribution in [2.75, 3.05) is 0 Å². The quantitative estimate of drug-likeness (QED) is 0.816. The number of aromatic nitrogens is 2. The molecule has 2 heterocycles. The molecule has 0 saturated carbocycles. The Bertz CT molecular complexity index is 390. The summed E-state index contributed by atoms with van der Waals surface area (Å²) in [6, 6.07) is 1.96. The van der Waals surface area contributed by atoms with Crippen molar-refractivity contribution in [2.24, 2.45) is 12.8 Å². The molecule has 0 bridgehead atoms. The van der Waals surface area contributed by atoms with E-state index in [4.69, 9.17) is 5.73 Å². The lowest BCUT2D eigenvalue weighted by atomic mass is 10.1. The molecule has 0 spiro atoms. The zero-order valence-electron chi connectivity index (χ0n) is 8.27. The van der Waals surface area contributed by atoms with Gasteiger partial charge in [-0.3, -0.25) is 0 Å². The van der Waals surface area contributed by atoms with Gasteiger partial charge in [0, 0.05) is 24.3 Å². The first-order valence-electron chi connectivity index (χ1n) is 4.47. The van der Waals surface area contributed by atoms with Crippen molar-refractivity contribution in [3.8, 4) is 0 Å². The van der Waals surface area contributed by atoms with Crippen molar-refractivity contribution in [3.63, 3.8) is 0 Å². The lowest BCUT2D eigenvalue weighted by Crippen LogP contribution is -2.16. The molecular weight excluding hydrogens is 194 g/mol. The van der Waals surface area contributed by atoms with Crippen LogP contribution >= 0.6 is 11.3 Å². The van der Waals surface area contributed by atoms with Gasteiger partial charge in [0.2, 0.25) is 0 Å². The van der Waals surface area contributed by atoms with Gasteiger partial charge in [-0.1, -0.05) is 0 Å². The summed E-state index contributed by atoms with van der Waals surface area (Å²) in [4.78, 5) is 5.52. The molecule has 1 unspecified atom stereocenters. The van der Waals surface area contributed by atoms with Crippen molar-refractivity contribution in [3.05, 3.63) is 40.1 Å². The van der Waals surface area contributed by atoms with Crippen molar-refractivity contribution in [1.82, 2.24) is 9.55 Å². The van der Waals surface area contributed by atoms with Crippen molar-refractivity contribution in [1.29, 1.82) is 0 Å². The van der Waals surface area contributed by atoms with Crippen LogP contribution in [0.15, 0.2) is 23.8 Å². The second-order valence-corrected chi connectivity index (χ2v) is 4.43.